The van der Waals surface area contributed by atoms with Crippen LogP contribution < -0.4 is 11.1 Å². The second kappa shape index (κ2) is 10.1. The highest BCUT2D eigenvalue weighted by Crippen LogP contribution is 2.55. The van der Waals surface area contributed by atoms with Gasteiger partial charge in [-0.05, 0) is 56.6 Å². The molecule has 1 unspecified atom stereocenters. The summed E-state index contributed by atoms with van der Waals surface area (Å²) in [6.07, 6.45) is 2.21. The summed E-state index contributed by atoms with van der Waals surface area (Å²) >= 11 is 0. The van der Waals surface area contributed by atoms with Crippen molar-refractivity contribution in [2.75, 3.05) is 26.2 Å². The minimum atomic E-state index is -0.494. The maximum absolute atomic E-state index is 13.3. The summed E-state index contributed by atoms with van der Waals surface area (Å²) in [4.78, 5) is 27.6. The highest BCUT2D eigenvalue weighted by atomic mass is 16.2. The van der Waals surface area contributed by atoms with Gasteiger partial charge in [-0.3, -0.25) is 9.59 Å². The number of nitrogens with zero attached hydrogens (tertiary/aromatic N) is 1. The van der Waals surface area contributed by atoms with Crippen LogP contribution in [0.5, 0.6) is 0 Å². The van der Waals surface area contributed by atoms with Gasteiger partial charge >= 0.3 is 0 Å². The first-order valence-corrected chi connectivity index (χ1v) is 10.7. The van der Waals surface area contributed by atoms with Crippen molar-refractivity contribution in [2.24, 2.45) is 23.5 Å². The Hall–Kier alpha value is -1.88. The maximum atomic E-state index is 13.3. The lowest BCUT2D eigenvalue weighted by Crippen LogP contribution is -2.41. The van der Waals surface area contributed by atoms with Crippen LogP contribution in [0.1, 0.15) is 52.5 Å². The van der Waals surface area contributed by atoms with Crippen LogP contribution in [0.15, 0.2) is 30.3 Å². The monoisotopic (exact) mass is 387 g/mol. The average molecular weight is 388 g/mol. The molecule has 3 N–H and O–H groups in total. The Morgan fingerprint density at radius 2 is 1.86 bits per heavy atom. The molecule has 1 saturated carbocycles. The van der Waals surface area contributed by atoms with E-state index < -0.39 is 5.41 Å². The molecule has 156 valence electrons. The number of hydrogen-bond donors (Lipinski definition) is 2. The SMILES string of the molecule is CCN(CC)C(=O)C1(c2ccccc2)C[C@H]1CNC(=O)C[C@@H](CN)CC(C)C. The molecule has 3 atom stereocenters. The summed E-state index contributed by atoms with van der Waals surface area (Å²) in [6, 6.07) is 10.0. The minimum Gasteiger partial charge on any atom is -0.356 e. The first-order valence-electron chi connectivity index (χ1n) is 10.7. The van der Waals surface area contributed by atoms with Crippen LogP contribution in [0, 0.1) is 17.8 Å². The predicted octanol–water partition coefficient (Wildman–Crippen LogP) is 2.94. The maximum Gasteiger partial charge on any atom is 0.233 e. The Morgan fingerprint density at radius 1 is 1.21 bits per heavy atom. The van der Waals surface area contributed by atoms with Gasteiger partial charge in [-0.15, -0.1) is 0 Å². The molecule has 0 radical (unpaired) electrons. The standard InChI is InChI=1S/C23H37N3O2/c1-5-26(6-2)22(28)23(19-10-8-7-9-11-19)14-20(23)16-25-21(27)13-18(15-24)12-17(3)4/h7-11,17-18,20H,5-6,12-16,24H2,1-4H3,(H,25,27)/t18-,20-,23?/m0/s1. The lowest BCUT2D eigenvalue weighted by Gasteiger charge is -2.26. The lowest BCUT2D eigenvalue weighted by atomic mass is 9.91. The van der Waals surface area contributed by atoms with Gasteiger partial charge in [-0.1, -0.05) is 44.2 Å². The van der Waals surface area contributed by atoms with Crippen molar-refractivity contribution < 1.29 is 9.59 Å². The quantitative estimate of drug-likeness (QED) is 0.613. The first kappa shape index (κ1) is 22.4. The molecule has 0 saturated heterocycles. The van der Waals surface area contributed by atoms with Gasteiger partial charge in [0.1, 0.15) is 0 Å². The number of amides is 2. The Balaban J connectivity index is 2.03. The van der Waals surface area contributed by atoms with Crippen molar-refractivity contribution in [3.8, 4) is 0 Å². The molecule has 2 rings (SSSR count). The number of hydrogen-bond acceptors (Lipinski definition) is 3. The Kier molecular flexibility index (Phi) is 8.05. The molecule has 5 nitrogen and oxygen atoms in total. The fraction of sp³-hybridized carbons (Fsp3) is 0.652. The molecular formula is C23H37N3O2. The Morgan fingerprint density at radius 3 is 2.39 bits per heavy atom. The Bertz CT molecular complexity index is 643. The summed E-state index contributed by atoms with van der Waals surface area (Å²) in [5, 5.41) is 3.07. The molecule has 0 heterocycles. The van der Waals surface area contributed by atoms with E-state index in [4.69, 9.17) is 5.73 Å². The van der Waals surface area contributed by atoms with Gasteiger partial charge in [0.15, 0.2) is 0 Å². The molecule has 28 heavy (non-hydrogen) atoms. The summed E-state index contributed by atoms with van der Waals surface area (Å²) in [7, 11) is 0. The van der Waals surface area contributed by atoms with Crippen molar-refractivity contribution in [1.29, 1.82) is 0 Å². The minimum absolute atomic E-state index is 0.0419. The van der Waals surface area contributed by atoms with Gasteiger partial charge in [0, 0.05) is 26.1 Å². The van der Waals surface area contributed by atoms with E-state index in [1.807, 2.05) is 49.1 Å². The van der Waals surface area contributed by atoms with E-state index in [2.05, 4.69) is 19.2 Å². The van der Waals surface area contributed by atoms with Gasteiger partial charge in [0.25, 0.3) is 0 Å². The third-order valence-corrected chi connectivity index (χ3v) is 5.98. The number of benzene rings is 1. The fourth-order valence-corrected chi connectivity index (χ4v) is 4.34. The van der Waals surface area contributed by atoms with Gasteiger partial charge in [0.05, 0.1) is 5.41 Å². The number of rotatable bonds is 11. The second-order valence-corrected chi connectivity index (χ2v) is 8.46. The topological polar surface area (TPSA) is 75.4 Å². The highest BCUT2D eigenvalue weighted by Gasteiger charge is 2.61. The van der Waals surface area contributed by atoms with Crippen molar-refractivity contribution >= 4 is 11.8 Å². The molecule has 2 amide bonds. The molecule has 1 fully saturated rings. The summed E-state index contributed by atoms with van der Waals surface area (Å²) in [5.41, 5.74) is 6.40. The van der Waals surface area contributed by atoms with E-state index in [-0.39, 0.29) is 23.7 Å². The van der Waals surface area contributed by atoms with E-state index in [1.54, 1.807) is 0 Å². The molecule has 0 aromatic heterocycles. The molecule has 0 spiro atoms. The number of likely N-dealkylation sites (N-methyl/N-ethyl adjacent to an activating group) is 1. The van der Waals surface area contributed by atoms with Crippen LogP contribution in [0.4, 0.5) is 0 Å². The predicted molar refractivity (Wildman–Crippen MR) is 114 cm³/mol. The van der Waals surface area contributed by atoms with E-state index in [1.165, 1.54) is 0 Å². The zero-order valence-electron chi connectivity index (χ0n) is 17.9. The van der Waals surface area contributed by atoms with E-state index >= 15 is 0 Å². The fourth-order valence-electron chi connectivity index (χ4n) is 4.34. The van der Waals surface area contributed by atoms with Crippen molar-refractivity contribution in [1.82, 2.24) is 10.2 Å². The third kappa shape index (κ3) is 5.13. The summed E-state index contributed by atoms with van der Waals surface area (Å²) in [5.74, 6) is 1.12. The lowest BCUT2D eigenvalue weighted by molar-refractivity contribution is -0.134. The van der Waals surface area contributed by atoms with Crippen molar-refractivity contribution in [3.05, 3.63) is 35.9 Å². The van der Waals surface area contributed by atoms with Crippen LogP contribution in [-0.4, -0.2) is 42.9 Å². The van der Waals surface area contributed by atoms with E-state index in [0.29, 0.717) is 38.5 Å². The summed E-state index contributed by atoms with van der Waals surface area (Å²) < 4.78 is 0. The molecule has 5 heteroatoms. The molecule has 1 aliphatic carbocycles. The molecule has 1 aliphatic rings. The Labute approximate surface area is 170 Å². The number of nitrogens with two attached hydrogens (primary N) is 1. The van der Waals surface area contributed by atoms with E-state index in [0.717, 1.165) is 18.4 Å². The number of carbonyl (C=O) groups is 2. The van der Waals surface area contributed by atoms with Crippen LogP contribution in [-0.2, 0) is 15.0 Å². The van der Waals surface area contributed by atoms with Crippen molar-refractivity contribution in [3.63, 3.8) is 0 Å². The smallest absolute Gasteiger partial charge is 0.233 e. The average Bonchev–Trinajstić information content (AvgIpc) is 3.42. The number of nitrogens with one attached hydrogen (secondary N) is 1. The normalized spacial score (nSPS) is 22.0. The van der Waals surface area contributed by atoms with E-state index in [9.17, 15) is 9.59 Å². The van der Waals surface area contributed by atoms with Crippen molar-refractivity contribution in [2.45, 2.75) is 52.4 Å². The van der Waals surface area contributed by atoms with Crippen LogP contribution in [0.2, 0.25) is 0 Å². The highest BCUT2D eigenvalue weighted by molar-refractivity contribution is 5.92. The van der Waals surface area contributed by atoms with Crippen LogP contribution in [0.25, 0.3) is 0 Å². The molecular weight excluding hydrogens is 350 g/mol. The van der Waals surface area contributed by atoms with Crippen LogP contribution >= 0.6 is 0 Å². The largest absolute Gasteiger partial charge is 0.356 e. The van der Waals surface area contributed by atoms with Gasteiger partial charge in [0.2, 0.25) is 11.8 Å². The molecule has 0 aliphatic heterocycles. The number of carbonyl (C=O) groups excluding carboxylic acids is 2. The molecule has 1 aromatic rings. The van der Waals surface area contributed by atoms with Gasteiger partial charge in [-0.25, -0.2) is 0 Å². The second-order valence-electron chi connectivity index (χ2n) is 8.46. The van der Waals surface area contributed by atoms with Gasteiger partial charge < -0.3 is 16.0 Å². The first-order chi connectivity index (χ1) is 13.4. The third-order valence-electron chi connectivity index (χ3n) is 5.98. The summed E-state index contributed by atoms with van der Waals surface area (Å²) in [6.45, 7) is 10.8. The zero-order valence-corrected chi connectivity index (χ0v) is 17.9. The molecule has 1 aromatic carbocycles. The van der Waals surface area contributed by atoms with Crippen LogP contribution in [0.3, 0.4) is 0 Å². The van der Waals surface area contributed by atoms with Gasteiger partial charge in [-0.2, -0.15) is 0 Å². The zero-order chi connectivity index (χ0) is 20.7. The molecule has 0 bridgehead atoms.